The van der Waals surface area contributed by atoms with E-state index in [1.54, 1.807) is 34.5 Å². The number of rotatable bonds is 5. The smallest absolute Gasteiger partial charge is 0.266 e. The molecule has 1 atom stereocenters. The lowest BCUT2D eigenvalue weighted by molar-refractivity contribution is 0.0688. The van der Waals surface area contributed by atoms with Crippen molar-refractivity contribution in [2.45, 2.75) is 38.3 Å². The third-order valence-corrected chi connectivity index (χ3v) is 6.09. The van der Waals surface area contributed by atoms with Crippen LogP contribution >= 0.6 is 0 Å². The van der Waals surface area contributed by atoms with Crippen molar-refractivity contribution in [2.75, 3.05) is 18.5 Å². The number of aromatic nitrogens is 4. The predicted octanol–water partition coefficient (Wildman–Crippen LogP) is 4.65. The van der Waals surface area contributed by atoms with E-state index in [2.05, 4.69) is 15.4 Å². The minimum absolute atomic E-state index is 0.00518. The number of pyridine rings is 1. The number of hydrogen-bond donors (Lipinski definition) is 1. The number of benzene rings is 1. The Kier molecular flexibility index (Phi) is 5.53. The summed E-state index contributed by atoms with van der Waals surface area (Å²) in [7, 11) is 0. The predicted molar refractivity (Wildman–Crippen MR) is 117 cm³/mol. The fourth-order valence-corrected chi connectivity index (χ4v) is 4.35. The van der Waals surface area contributed by atoms with Crippen LogP contribution in [0.3, 0.4) is 0 Å². The molecule has 10 heteroatoms. The molecule has 172 valence electrons. The molecule has 0 amide bonds. The maximum atomic E-state index is 14.7. The van der Waals surface area contributed by atoms with Crippen LogP contribution in [-0.2, 0) is 4.74 Å². The van der Waals surface area contributed by atoms with Crippen molar-refractivity contribution in [3.8, 4) is 0 Å². The zero-order chi connectivity index (χ0) is 23.1. The van der Waals surface area contributed by atoms with Gasteiger partial charge >= 0.3 is 0 Å². The van der Waals surface area contributed by atoms with Gasteiger partial charge in [0.15, 0.2) is 5.65 Å². The average molecular weight is 457 g/mol. The van der Waals surface area contributed by atoms with Gasteiger partial charge in [-0.05, 0) is 19.8 Å². The van der Waals surface area contributed by atoms with Crippen LogP contribution in [0, 0.1) is 5.82 Å². The zero-order valence-corrected chi connectivity index (χ0v) is 17.8. The molecule has 1 saturated heterocycles. The molecule has 0 aliphatic carbocycles. The van der Waals surface area contributed by atoms with Gasteiger partial charge in [0.1, 0.15) is 11.6 Å². The highest BCUT2D eigenvalue weighted by Crippen LogP contribution is 2.31. The van der Waals surface area contributed by atoms with Gasteiger partial charge in [-0.25, -0.2) is 22.7 Å². The van der Waals surface area contributed by atoms with Crippen LogP contribution in [0.25, 0.3) is 16.6 Å². The van der Waals surface area contributed by atoms with E-state index >= 15 is 0 Å². The molecule has 7 nitrogen and oxygen atoms in total. The number of nitrogens with zero attached hydrogens (tertiary/aromatic N) is 4. The summed E-state index contributed by atoms with van der Waals surface area (Å²) in [5.41, 5.74) is 0.358. The number of halogens is 3. The third kappa shape index (κ3) is 3.84. The summed E-state index contributed by atoms with van der Waals surface area (Å²) in [6.45, 7) is 2.83. The number of alkyl halides is 2. The molecule has 1 aliphatic heterocycles. The second kappa shape index (κ2) is 8.51. The highest BCUT2D eigenvalue weighted by molar-refractivity contribution is 5.90. The summed E-state index contributed by atoms with van der Waals surface area (Å²) in [4.78, 5) is 17.5. The largest absolute Gasteiger partial charge is 0.381 e. The Morgan fingerprint density at radius 1 is 1.18 bits per heavy atom. The molecular formula is C23H22F3N5O2. The van der Waals surface area contributed by atoms with Gasteiger partial charge in [-0.15, -0.1) is 0 Å². The van der Waals surface area contributed by atoms with Gasteiger partial charge in [-0.2, -0.15) is 5.10 Å². The molecule has 0 bridgehead atoms. The second-order valence-electron chi connectivity index (χ2n) is 8.14. The average Bonchev–Trinajstić information content (AvgIpc) is 3.28. The number of anilines is 1. The van der Waals surface area contributed by atoms with Crippen molar-refractivity contribution in [2.24, 2.45) is 0 Å². The van der Waals surface area contributed by atoms with Crippen molar-refractivity contribution < 1.29 is 17.9 Å². The van der Waals surface area contributed by atoms with Crippen molar-refractivity contribution in [3.63, 3.8) is 0 Å². The first-order valence-corrected chi connectivity index (χ1v) is 10.7. The Morgan fingerprint density at radius 2 is 1.94 bits per heavy atom. The number of nitrogens with one attached hydrogen (secondary N) is 1. The standard InChI is InChI=1S/C23H22F3N5O2/c1-13(15-3-2-4-16(21(15)24)22(25)26)28-23-17-12-30(14-6-9-33-10-7-14)20(32)11-18(17)31-19(29-23)5-8-27-31/h2-5,8,11-14,22H,6-7,9-10H2,1H3,(H,28,29)/t13-/m1/s1. The van der Waals surface area contributed by atoms with E-state index in [-0.39, 0.29) is 17.2 Å². The molecular weight excluding hydrogens is 435 g/mol. The van der Waals surface area contributed by atoms with Crippen LogP contribution in [-0.4, -0.2) is 32.4 Å². The summed E-state index contributed by atoms with van der Waals surface area (Å²) in [5.74, 6) is -0.533. The van der Waals surface area contributed by atoms with E-state index in [0.29, 0.717) is 48.4 Å². The first kappa shape index (κ1) is 21.4. The molecule has 33 heavy (non-hydrogen) atoms. The van der Waals surface area contributed by atoms with E-state index in [4.69, 9.17) is 4.74 Å². The van der Waals surface area contributed by atoms with Crippen LogP contribution in [0.1, 0.15) is 49.4 Å². The fourth-order valence-electron chi connectivity index (χ4n) is 4.35. The molecule has 0 saturated carbocycles. The maximum Gasteiger partial charge on any atom is 0.266 e. The van der Waals surface area contributed by atoms with Crippen molar-refractivity contribution in [1.82, 2.24) is 19.2 Å². The van der Waals surface area contributed by atoms with Gasteiger partial charge in [-0.3, -0.25) is 4.79 Å². The second-order valence-corrected chi connectivity index (χ2v) is 8.14. The van der Waals surface area contributed by atoms with Gasteiger partial charge in [0.05, 0.1) is 28.7 Å². The summed E-state index contributed by atoms with van der Waals surface area (Å²) in [6.07, 6.45) is 1.84. The van der Waals surface area contributed by atoms with Gasteiger partial charge < -0.3 is 14.6 Å². The summed E-state index contributed by atoms with van der Waals surface area (Å²) < 4.78 is 49.8. The number of hydrogen-bond acceptors (Lipinski definition) is 5. The molecule has 4 aromatic rings. The molecule has 1 N–H and O–H groups in total. The summed E-state index contributed by atoms with van der Waals surface area (Å²) in [6, 6.07) is 6.50. The molecule has 0 unspecified atom stereocenters. The molecule has 1 aromatic carbocycles. The zero-order valence-electron chi connectivity index (χ0n) is 17.8. The highest BCUT2D eigenvalue weighted by atomic mass is 19.3. The number of fused-ring (bicyclic) bond motifs is 3. The Bertz CT molecular complexity index is 1380. The molecule has 1 fully saturated rings. The molecule has 0 radical (unpaired) electrons. The Morgan fingerprint density at radius 3 is 2.70 bits per heavy atom. The minimum atomic E-state index is -2.91. The first-order valence-electron chi connectivity index (χ1n) is 10.7. The van der Waals surface area contributed by atoms with Gasteiger partial charge in [0.2, 0.25) is 0 Å². The van der Waals surface area contributed by atoms with Crippen LogP contribution in [0.4, 0.5) is 19.0 Å². The van der Waals surface area contributed by atoms with Crippen LogP contribution in [0.5, 0.6) is 0 Å². The quantitative estimate of drug-likeness (QED) is 0.473. The summed E-state index contributed by atoms with van der Waals surface area (Å²) in [5, 5.41) is 8.05. The molecule has 4 heterocycles. The summed E-state index contributed by atoms with van der Waals surface area (Å²) >= 11 is 0. The van der Waals surface area contributed by atoms with Crippen molar-refractivity contribution >= 4 is 22.4 Å². The van der Waals surface area contributed by atoms with Gasteiger partial charge in [0, 0.05) is 43.1 Å². The van der Waals surface area contributed by atoms with E-state index in [9.17, 15) is 18.0 Å². The van der Waals surface area contributed by atoms with Crippen LogP contribution in [0.15, 0.2) is 47.5 Å². The van der Waals surface area contributed by atoms with Crippen molar-refractivity contribution in [3.05, 3.63) is 70.0 Å². The van der Waals surface area contributed by atoms with Gasteiger partial charge in [-0.1, -0.05) is 18.2 Å². The monoisotopic (exact) mass is 457 g/mol. The third-order valence-electron chi connectivity index (χ3n) is 6.09. The molecule has 0 spiro atoms. The fraction of sp³-hybridized carbons (Fsp3) is 0.348. The molecule has 5 rings (SSSR count). The lowest BCUT2D eigenvalue weighted by Gasteiger charge is -2.25. The first-order chi connectivity index (χ1) is 15.9. The highest BCUT2D eigenvalue weighted by Gasteiger charge is 2.22. The van der Waals surface area contributed by atoms with E-state index in [0.717, 1.165) is 6.07 Å². The lowest BCUT2D eigenvalue weighted by atomic mass is 10.0. The van der Waals surface area contributed by atoms with Crippen molar-refractivity contribution in [1.29, 1.82) is 0 Å². The normalized spacial score (nSPS) is 16.0. The Balaban J connectivity index is 1.62. The number of ether oxygens (including phenoxy) is 1. The minimum Gasteiger partial charge on any atom is -0.381 e. The molecule has 3 aromatic heterocycles. The lowest BCUT2D eigenvalue weighted by Crippen LogP contribution is -2.28. The van der Waals surface area contributed by atoms with Crippen LogP contribution < -0.4 is 10.9 Å². The maximum absolute atomic E-state index is 14.7. The Labute approximate surface area is 186 Å². The van der Waals surface area contributed by atoms with E-state index in [1.165, 1.54) is 18.2 Å². The Hall–Kier alpha value is -3.40. The van der Waals surface area contributed by atoms with Crippen LogP contribution in [0.2, 0.25) is 0 Å². The van der Waals surface area contributed by atoms with E-state index in [1.807, 2.05) is 0 Å². The SMILES string of the molecule is C[C@@H](Nc1nc2ccnn2c2cc(=O)n(C3CCOCC3)cc12)c1cccc(C(F)F)c1F. The van der Waals surface area contributed by atoms with Gasteiger partial charge in [0.25, 0.3) is 12.0 Å². The molecule has 1 aliphatic rings. The topological polar surface area (TPSA) is 73.5 Å². The van der Waals surface area contributed by atoms with E-state index < -0.39 is 23.8 Å².